The number of ether oxygens (including phenoxy) is 2. The van der Waals surface area contributed by atoms with E-state index >= 15 is 0 Å². The molecule has 1 aliphatic rings. The van der Waals surface area contributed by atoms with Crippen molar-refractivity contribution < 1.29 is 14.3 Å². The first-order valence-corrected chi connectivity index (χ1v) is 6.11. The molecule has 96 valence electrons. The van der Waals surface area contributed by atoms with E-state index in [1.807, 2.05) is 13.0 Å². The Morgan fingerprint density at radius 1 is 1.16 bits per heavy atom. The lowest BCUT2D eigenvalue weighted by Gasteiger charge is -2.20. The molecule has 0 spiro atoms. The zero-order valence-electron chi connectivity index (χ0n) is 10.6. The van der Waals surface area contributed by atoms with Gasteiger partial charge in [0.15, 0.2) is 17.3 Å². The van der Waals surface area contributed by atoms with E-state index in [2.05, 4.69) is 4.98 Å². The first-order chi connectivity index (χ1) is 9.27. The van der Waals surface area contributed by atoms with Crippen molar-refractivity contribution in [3.63, 3.8) is 0 Å². The highest BCUT2D eigenvalue weighted by Crippen LogP contribution is 2.34. The molecule has 2 aromatic rings. The van der Waals surface area contributed by atoms with Crippen LogP contribution in [0.5, 0.6) is 11.5 Å². The van der Waals surface area contributed by atoms with Gasteiger partial charge in [-0.1, -0.05) is 6.07 Å². The van der Waals surface area contributed by atoms with E-state index in [1.54, 1.807) is 30.6 Å². The number of benzene rings is 1. The Labute approximate surface area is 111 Å². The van der Waals surface area contributed by atoms with E-state index in [0.717, 1.165) is 5.56 Å². The maximum absolute atomic E-state index is 12.6. The summed E-state index contributed by atoms with van der Waals surface area (Å²) in [6.45, 7) is 2.86. The van der Waals surface area contributed by atoms with E-state index < -0.39 is 0 Å². The van der Waals surface area contributed by atoms with Gasteiger partial charge in [0.2, 0.25) is 0 Å². The standard InChI is InChI=1S/C15H13NO3/c1-10-5-6-16-9-12(10)14(17)11-3-2-4-13-15(11)19-8-7-18-13/h2-6,9H,7-8H2,1H3. The average molecular weight is 255 g/mol. The van der Waals surface area contributed by atoms with Crippen LogP contribution in [0.4, 0.5) is 0 Å². The van der Waals surface area contributed by atoms with E-state index in [9.17, 15) is 4.79 Å². The van der Waals surface area contributed by atoms with Crippen LogP contribution in [0.15, 0.2) is 36.7 Å². The lowest BCUT2D eigenvalue weighted by Crippen LogP contribution is -2.18. The minimum Gasteiger partial charge on any atom is -0.486 e. The normalized spacial score (nSPS) is 13.1. The van der Waals surface area contributed by atoms with Gasteiger partial charge in [0.05, 0.1) is 5.56 Å². The topological polar surface area (TPSA) is 48.4 Å². The Bertz CT molecular complexity index is 637. The Morgan fingerprint density at radius 3 is 2.84 bits per heavy atom. The monoisotopic (exact) mass is 255 g/mol. The summed E-state index contributed by atoms with van der Waals surface area (Å²) in [5.41, 5.74) is 2.01. The van der Waals surface area contributed by atoms with Gasteiger partial charge in [-0.25, -0.2) is 0 Å². The predicted octanol–water partition coefficient (Wildman–Crippen LogP) is 2.39. The highest BCUT2D eigenvalue weighted by molar-refractivity contribution is 6.11. The third-order valence-corrected chi connectivity index (χ3v) is 3.09. The van der Waals surface area contributed by atoms with Gasteiger partial charge in [0.1, 0.15) is 13.2 Å². The van der Waals surface area contributed by atoms with E-state index in [-0.39, 0.29) is 5.78 Å². The quantitative estimate of drug-likeness (QED) is 0.773. The number of ketones is 1. The molecule has 3 rings (SSSR count). The fraction of sp³-hybridized carbons (Fsp3) is 0.200. The van der Waals surface area contributed by atoms with Gasteiger partial charge in [-0.2, -0.15) is 0 Å². The molecule has 1 aromatic heterocycles. The summed E-state index contributed by atoms with van der Waals surface area (Å²) in [5.74, 6) is 1.06. The number of rotatable bonds is 2. The molecule has 2 heterocycles. The summed E-state index contributed by atoms with van der Waals surface area (Å²) >= 11 is 0. The maximum atomic E-state index is 12.6. The zero-order chi connectivity index (χ0) is 13.2. The minimum absolute atomic E-state index is 0.0899. The first kappa shape index (κ1) is 11.7. The summed E-state index contributed by atoms with van der Waals surface area (Å²) in [6, 6.07) is 7.18. The molecule has 19 heavy (non-hydrogen) atoms. The van der Waals surface area contributed by atoms with Gasteiger partial charge < -0.3 is 9.47 Å². The molecular weight excluding hydrogens is 242 g/mol. The van der Waals surface area contributed by atoms with Crippen LogP contribution in [-0.4, -0.2) is 24.0 Å². The minimum atomic E-state index is -0.0899. The number of carbonyl (C=O) groups is 1. The van der Waals surface area contributed by atoms with Gasteiger partial charge in [0, 0.05) is 18.0 Å². The van der Waals surface area contributed by atoms with Gasteiger partial charge >= 0.3 is 0 Å². The van der Waals surface area contributed by atoms with Crippen molar-refractivity contribution in [3.05, 3.63) is 53.3 Å². The van der Waals surface area contributed by atoms with Crippen LogP contribution in [-0.2, 0) is 0 Å². The zero-order valence-corrected chi connectivity index (χ0v) is 10.6. The molecule has 1 aliphatic heterocycles. The van der Waals surface area contributed by atoms with Crippen molar-refractivity contribution in [3.8, 4) is 11.5 Å². The number of para-hydroxylation sites is 1. The second kappa shape index (κ2) is 4.72. The molecule has 4 nitrogen and oxygen atoms in total. The Hall–Kier alpha value is -2.36. The number of hydrogen-bond acceptors (Lipinski definition) is 4. The molecule has 0 unspecified atom stereocenters. The van der Waals surface area contributed by atoms with Crippen LogP contribution >= 0.6 is 0 Å². The van der Waals surface area contributed by atoms with Gasteiger partial charge in [-0.05, 0) is 30.7 Å². The van der Waals surface area contributed by atoms with Gasteiger partial charge in [0.25, 0.3) is 0 Å². The van der Waals surface area contributed by atoms with Crippen molar-refractivity contribution in [2.75, 3.05) is 13.2 Å². The van der Waals surface area contributed by atoms with Crippen molar-refractivity contribution in [1.29, 1.82) is 0 Å². The smallest absolute Gasteiger partial charge is 0.198 e. The summed E-state index contributed by atoms with van der Waals surface area (Å²) < 4.78 is 11.1. The van der Waals surface area contributed by atoms with Crippen LogP contribution in [0.25, 0.3) is 0 Å². The van der Waals surface area contributed by atoms with E-state index in [1.165, 1.54) is 0 Å². The second-order valence-corrected chi connectivity index (χ2v) is 4.35. The number of carbonyl (C=O) groups excluding carboxylic acids is 1. The first-order valence-electron chi connectivity index (χ1n) is 6.11. The van der Waals surface area contributed by atoms with Crippen molar-refractivity contribution >= 4 is 5.78 Å². The van der Waals surface area contributed by atoms with Crippen molar-refractivity contribution in [1.82, 2.24) is 4.98 Å². The van der Waals surface area contributed by atoms with Crippen LogP contribution in [0.2, 0.25) is 0 Å². The maximum Gasteiger partial charge on any atom is 0.198 e. The second-order valence-electron chi connectivity index (χ2n) is 4.35. The number of aryl methyl sites for hydroxylation is 1. The number of aromatic nitrogens is 1. The number of hydrogen-bond donors (Lipinski definition) is 0. The SMILES string of the molecule is Cc1ccncc1C(=O)c1cccc2c1OCCO2. The molecular formula is C15H13NO3. The molecule has 0 aliphatic carbocycles. The molecule has 0 radical (unpaired) electrons. The van der Waals surface area contributed by atoms with E-state index in [4.69, 9.17) is 9.47 Å². The van der Waals surface area contributed by atoms with Crippen LogP contribution in [0.3, 0.4) is 0 Å². The van der Waals surface area contributed by atoms with Crippen LogP contribution < -0.4 is 9.47 Å². The number of fused-ring (bicyclic) bond motifs is 1. The lowest BCUT2D eigenvalue weighted by molar-refractivity contribution is 0.102. The molecule has 0 amide bonds. The van der Waals surface area contributed by atoms with Gasteiger partial charge in [-0.3, -0.25) is 9.78 Å². The molecule has 0 saturated carbocycles. The average Bonchev–Trinajstić information content (AvgIpc) is 2.46. The third kappa shape index (κ3) is 2.05. The summed E-state index contributed by atoms with van der Waals surface area (Å²) in [7, 11) is 0. The Balaban J connectivity index is 2.08. The fourth-order valence-corrected chi connectivity index (χ4v) is 2.10. The van der Waals surface area contributed by atoms with Crippen LogP contribution in [0, 0.1) is 6.92 Å². The molecule has 0 fully saturated rings. The molecule has 0 bridgehead atoms. The molecule has 0 saturated heterocycles. The predicted molar refractivity (Wildman–Crippen MR) is 69.8 cm³/mol. The fourth-order valence-electron chi connectivity index (χ4n) is 2.10. The lowest BCUT2D eigenvalue weighted by atomic mass is 10.00. The summed E-state index contributed by atoms with van der Waals surface area (Å²) in [4.78, 5) is 16.6. The molecule has 4 heteroatoms. The van der Waals surface area contributed by atoms with E-state index in [0.29, 0.717) is 35.8 Å². The molecule has 1 aromatic carbocycles. The molecule has 0 atom stereocenters. The third-order valence-electron chi connectivity index (χ3n) is 3.09. The Kier molecular flexibility index (Phi) is 2.91. The molecule has 0 N–H and O–H groups in total. The summed E-state index contributed by atoms with van der Waals surface area (Å²) in [6.07, 6.45) is 3.26. The number of pyridine rings is 1. The highest BCUT2D eigenvalue weighted by atomic mass is 16.6. The summed E-state index contributed by atoms with van der Waals surface area (Å²) in [5, 5.41) is 0. The largest absolute Gasteiger partial charge is 0.486 e. The van der Waals surface area contributed by atoms with Crippen molar-refractivity contribution in [2.45, 2.75) is 6.92 Å². The van der Waals surface area contributed by atoms with Crippen molar-refractivity contribution in [2.24, 2.45) is 0 Å². The van der Waals surface area contributed by atoms with Gasteiger partial charge in [-0.15, -0.1) is 0 Å². The van der Waals surface area contributed by atoms with Crippen LogP contribution in [0.1, 0.15) is 21.5 Å². The number of nitrogens with zero attached hydrogens (tertiary/aromatic N) is 1. The highest BCUT2D eigenvalue weighted by Gasteiger charge is 2.22. The Morgan fingerprint density at radius 2 is 2.00 bits per heavy atom.